The van der Waals surface area contributed by atoms with Gasteiger partial charge in [-0.2, -0.15) is 0 Å². The van der Waals surface area contributed by atoms with Gasteiger partial charge in [-0.25, -0.2) is 13.1 Å². The van der Waals surface area contributed by atoms with E-state index in [1.807, 2.05) is 19.1 Å². The molecule has 2 aliphatic carbocycles. The van der Waals surface area contributed by atoms with Crippen molar-refractivity contribution in [3.63, 3.8) is 0 Å². The van der Waals surface area contributed by atoms with E-state index in [-0.39, 0.29) is 27.8 Å². The van der Waals surface area contributed by atoms with E-state index in [0.717, 1.165) is 70.3 Å². The molecule has 13 heteroatoms. The van der Waals surface area contributed by atoms with E-state index >= 15 is 0 Å². The van der Waals surface area contributed by atoms with Gasteiger partial charge in [0.2, 0.25) is 0 Å². The molecule has 4 aliphatic rings. The zero-order chi connectivity index (χ0) is 39.0. The van der Waals surface area contributed by atoms with Crippen LogP contribution in [-0.2, 0) is 14.8 Å². The standard InChI is InChI=1S/C42H55N5O7S/c1-29(2)35-6-4-5-7-36(35)39-28-54-23-22-46(39)33-25-42(26-33)18-20-45(21-19-42)32-10-8-31(9-11-32)40(48)44-55(52,53)34-12-13-37(38(24-34)47(50)51)43-27-30-14-16-41(3,49)17-15-30/h4-13,24,29-30,33,39,43,49H,14-23,25-28H2,1-3H3,(H,44,48)/t30?,39-,41?/m1/s1. The Kier molecular flexibility index (Phi) is 11.3. The first kappa shape index (κ1) is 39.2. The largest absolute Gasteiger partial charge is 0.390 e. The number of piperidine rings is 1. The highest BCUT2D eigenvalue weighted by molar-refractivity contribution is 7.90. The van der Waals surface area contributed by atoms with Crippen LogP contribution in [-0.4, -0.2) is 80.3 Å². The molecule has 1 amide bonds. The maximum Gasteiger partial charge on any atom is 0.293 e. The normalized spacial score (nSPS) is 24.7. The molecule has 0 bridgehead atoms. The van der Waals surface area contributed by atoms with E-state index in [4.69, 9.17) is 4.74 Å². The number of morpholine rings is 1. The van der Waals surface area contributed by atoms with E-state index in [1.165, 1.54) is 36.1 Å². The van der Waals surface area contributed by atoms with E-state index in [0.29, 0.717) is 42.8 Å². The van der Waals surface area contributed by atoms with Crippen molar-refractivity contribution >= 4 is 33.0 Å². The summed E-state index contributed by atoms with van der Waals surface area (Å²) in [5.41, 5.74) is 3.46. The Hall–Kier alpha value is -4.04. The average molecular weight is 774 g/mol. The molecule has 2 saturated heterocycles. The highest BCUT2D eigenvalue weighted by atomic mass is 32.2. The Morgan fingerprint density at radius 3 is 2.36 bits per heavy atom. The average Bonchev–Trinajstić information content (AvgIpc) is 3.16. The molecule has 7 rings (SSSR count). The maximum absolute atomic E-state index is 13.2. The first-order valence-corrected chi connectivity index (χ1v) is 21.3. The summed E-state index contributed by atoms with van der Waals surface area (Å²) in [5, 5.41) is 25.2. The van der Waals surface area contributed by atoms with Crippen LogP contribution in [0.25, 0.3) is 0 Å². The first-order chi connectivity index (χ1) is 26.2. The number of nitrogens with one attached hydrogen (secondary N) is 2. The molecule has 0 aromatic heterocycles. The Balaban J connectivity index is 0.920. The smallest absolute Gasteiger partial charge is 0.293 e. The lowest BCUT2D eigenvalue weighted by Crippen LogP contribution is -2.58. The van der Waals surface area contributed by atoms with Crippen molar-refractivity contribution in [1.82, 2.24) is 9.62 Å². The summed E-state index contributed by atoms with van der Waals surface area (Å²) < 4.78 is 34.5. The summed E-state index contributed by atoms with van der Waals surface area (Å²) in [4.78, 5) is 29.1. The number of carbonyl (C=O) groups is 1. The number of nitrogens with zero attached hydrogens (tertiary/aromatic N) is 3. The lowest BCUT2D eigenvalue weighted by molar-refractivity contribution is -0.384. The highest BCUT2D eigenvalue weighted by Gasteiger charge is 2.49. The van der Waals surface area contributed by atoms with Gasteiger partial charge in [-0.15, -0.1) is 0 Å². The molecule has 2 aliphatic heterocycles. The maximum atomic E-state index is 13.2. The number of amides is 1. The van der Waals surface area contributed by atoms with Crippen molar-refractivity contribution in [2.45, 2.75) is 101 Å². The number of hydrogen-bond acceptors (Lipinski definition) is 10. The molecule has 12 nitrogen and oxygen atoms in total. The number of benzene rings is 3. The second-order valence-corrected chi connectivity index (χ2v) is 18.6. The number of nitro groups is 1. The molecule has 1 spiro atoms. The highest BCUT2D eigenvalue weighted by Crippen LogP contribution is 2.53. The number of nitro benzene ring substituents is 1. The minimum absolute atomic E-state index is 0.181. The number of hydrogen-bond donors (Lipinski definition) is 3. The van der Waals surface area contributed by atoms with Crippen LogP contribution in [0.2, 0.25) is 0 Å². The van der Waals surface area contributed by atoms with Crippen LogP contribution >= 0.6 is 0 Å². The van der Waals surface area contributed by atoms with E-state index in [9.17, 15) is 28.4 Å². The van der Waals surface area contributed by atoms with Crippen molar-refractivity contribution in [3.8, 4) is 0 Å². The van der Waals surface area contributed by atoms with Gasteiger partial charge in [0.15, 0.2) is 0 Å². The minimum Gasteiger partial charge on any atom is -0.390 e. The first-order valence-electron chi connectivity index (χ1n) is 19.8. The fourth-order valence-electron chi connectivity index (χ4n) is 9.28. The molecule has 0 radical (unpaired) electrons. The molecule has 3 aromatic rings. The number of sulfonamides is 1. The molecule has 2 heterocycles. The van der Waals surface area contributed by atoms with Gasteiger partial charge in [0.1, 0.15) is 5.69 Å². The summed E-state index contributed by atoms with van der Waals surface area (Å²) in [7, 11) is -4.39. The lowest BCUT2D eigenvalue weighted by Gasteiger charge is -2.57. The van der Waals surface area contributed by atoms with Gasteiger partial charge in [0, 0.05) is 49.5 Å². The number of carbonyl (C=O) groups excluding carboxylic acids is 1. The van der Waals surface area contributed by atoms with Crippen LogP contribution in [0.5, 0.6) is 0 Å². The number of anilines is 2. The third kappa shape index (κ3) is 8.70. The molecular weight excluding hydrogens is 719 g/mol. The summed E-state index contributed by atoms with van der Waals surface area (Å²) in [6, 6.07) is 20.2. The summed E-state index contributed by atoms with van der Waals surface area (Å²) in [5.74, 6) is -0.103. The van der Waals surface area contributed by atoms with Gasteiger partial charge in [0.25, 0.3) is 21.6 Å². The third-order valence-electron chi connectivity index (χ3n) is 12.7. The van der Waals surface area contributed by atoms with Crippen LogP contribution in [0.4, 0.5) is 17.1 Å². The van der Waals surface area contributed by atoms with Gasteiger partial charge in [-0.3, -0.25) is 19.8 Å². The van der Waals surface area contributed by atoms with Gasteiger partial charge < -0.3 is 20.1 Å². The van der Waals surface area contributed by atoms with E-state index in [2.05, 4.69) is 58.0 Å². The van der Waals surface area contributed by atoms with E-state index < -0.39 is 26.5 Å². The predicted octanol–water partition coefficient (Wildman–Crippen LogP) is 7.01. The summed E-state index contributed by atoms with van der Waals surface area (Å²) >= 11 is 0. The summed E-state index contributed by atoms with van der Waals surface area (Å²) in [6.07, 6.45) is 7.50. The number of rotatable bonds is 11. The van der Waals surface area contributed by atoms with Crippen LogP contribution in [0.15, 0.2) is 71.6 Å². The van der Waals surface area contributed by atoms with Gasteiger partial charge >= 0.3 is 0 Å². The van der Waals surface area contributed by atoms with Crippen LogP contribution in [0.1, 0.15) is 106 Å². The molecule has 296 valence electrons. The van der Waals surface area contributed by atoms with Crippen molar-refractivity contribution in [1.29, 1.82) is 0 Å². The molecule has 1 atom stereocenters. The summed E-state index contributed by atoms with van der Waals surface area (Å²) in [6.45, 7) is 11.1. The molecule has 2 saturated carbocycles. The molecule has 3 N–H and O–H groups in total. The van der Waals surface area contributed by atoms with Crippen molar-refractivity contribution in [2.75, 3.05) is 49.6 Å². The number of ether oxygens (including phenoxy) is 1. The predicted molar refractivity (Wildman–Crippen MR) is 213 cm³/mol. The molecular formula is C42H55N5O7S. The van der Waals surface area contributed by atoms with Crippen molar-refractivity contribution < 1.29 is 28.0 Å². The third-order valence-corrected chi connectivity index (χ3v) is 14.1. The van der Waals surface area contributed by atoms with Crippen molar-refractivity contribution in [3.05, 3.63) is 93.5 Å². The van der Waals surface area contributed by atoms with Crippen LogP contribution < -0.4 is 14.9 Å². The second kappa shape index (κ2) is 15.8. The number of aliphatic hydroxyl groups is 1. The van der Waals surface area contributed by atoms with Gasteiger partial charge in [-0.1, -0.05) is 38.1 Å². The Morgan fingerprint density at radius 2 is 1.69 bits per heavy atom. The minimum atomic E-state index is -4.39. The monoisotopic (exact) mass is 773 g/mol. The topological polar surface area (TPSA) is 154 Å². The fraction of sp³-hybridized carbons (Fsp3) is 0.548. The quantitative estimate of drug-likeness (QED) is 0.137. The Morgan fingerprint density at radius 1 is 1.00 bits per heavy atom. The zero-order valence-electron chi connectivity index (χ0n) is 32.2. The SMILES string of the molecule is CC(C)c1ccccc1[C@H]1COCCN1C1CC2(CCN(c3ccc(C(=O)NS(=O)(=O)c4ccc(NCC5CCC(C)(O)CC5)c([N+](=O)[O-])c4)cc3)CC2)C1. The van der Waals surface area contributed by atoms with Gasteiger partial charge in [0.05, 0.1) is 34.7 Å². The zero-order valence-corrected chi connectivity index (χ0v) is 33.0. The molecule has 55 heavy (non-hydrogen) atoms. The molecule has 0 unspecified atom stereocenters. The van der Waals surface area contributed by atoms with Crippen molar-refractivity contribution in [2.24, 2.45) is 11.3 Å². The molecule has 3 aromatic carbocycles. The molecule has 4 fully saturated rings. The van der Waals surface area contributed by atoms with E-state index in [1.54, 1.807) is 12.1 Å². The lowest BCUT2D eigenvalue weighted by atomic mass is 9.59. The Bertz CT molecular complexity index is 1960. The van der Waals surface area contributed by atoms with Crippen LogP contribution in [0.3, 0.4) is 0 Å². The second-order valence-electron chi connectivity index (χ2n) is 16.9. The fourth-order valence-corrected chi connectivity index (χ4v) is 10.3. The van der Waals surface area contributed by atoms with Crippen LogP contribution in [0, 0.1) is 21.4 Å². The van der Waals surface area contributed by atoms with Gasteiger partial charge in [-0.05, 0) is 123 Å². The Labute approximate surface area is 324 Å².